The normalized spacial score (nSPS) is 24.3. The Labute approximate surface area is 140 Å². The van der Waals surface area contributed by atoms with E-state index < -0.39 is 0 Å². The molecular weight excluding hydrogens is 308 g/mol. The minimum Gasteiger partial charge on any atom is -0.482 e. The van der Waals surface area contributed by atoms with Crippen molar-refractivity contribution in [3.8, 4) is 5.75 Å². The number of carbonyl (C=O) groups is 1. The molecule has 0 unspecified atom stereocenters. The van der Waals surface area contributed by atoms with Gasteiger partial charge in [0.1, 0.15) is 11.8 Å². The van der Waals surface area contributed by atoms with Crippen molar-refractivity contribution >= 4 is 5.91 Å². The zero-order valence-electron chi connectivity index (χ0n) is 13.5. The van der Waals surface area contributed by atoms with Crippen molar-refractivity contribution in [3.05, 3.63) is 36.4 Å². The molecule has 1 saturated heterocycles. The average Bonchev–Trinajstić information content (AvgIpc) is 3.37. The number of H-pyrrole nitrogens is 1. The van der Waals surface area contributed by atoms with Crippen LogP contribution in [0.5, 0.6) is 5.75 Å². The largest absolute Gasteiger partial charge is 0.482 e. The molecule has 0 bridgehead atoms. The number of amides is 1. The van der Waals surface area contributed by atoms with E-state index in [2.05, 4.69) is 20.1 Å². The number of nitrogens with zero attached hydrogens (tertiary/aromatic N) is 2. The molecular formula is C17H22N4O3. The fourth-order valence-electron chi connectivity index (χ4n) is 3.59. The first-order chi connectivity index (χ1) is 11.8. The number of hydrogen-bond acceptors (Lipinski definition) is 4. The van der Waals surface area contributed by atoms with Crippen LogP contribution in [0.15, 0.2) is 30.7 Å². The van der Waals surface area contributed by atoms with Crippen molar-refractivity contribution in [3.63, 3.8) is 0 Å². The Hall–Kier alpha value is -2.28. The van der Waals surface area contributed by atoms with Gasteiger partial charge in [-0.15, -0.1) is 0 Å². The summed E-state index contributed by atoms with van der Waals surface area (Å²) in [5.41, 5.74) is 0.718. The maximum Gasteiger partial charge on any atom is 0.268 e. The van der Waals surface area contributed by atoms with E-state index in [1.165, 1.54) is 12.8 Å². The predicted octanol–water partition coefficient (Wildman–Crippen LogP) is 1.90. The maximum absolute atomic E-state index is 12.7. The molecule has 2 aliphatic rings. The molecule has 3 heterocycles. The molecule has 7 heteroatoms. The summed E-state index contributed by atoms with van der Waals surface area (Å²) >= 11 is 0. The zero-order chi connectivity index (χ0) is 16.4. The lowest BCUT2D eigenvalue weighted by Crippen LogP contribution is -2.45. The van der Waals surface area contributed by atoms with Crippen LogP contribution in [0.1, 0.15) is 42.2 Å². The van der Waals surface area contributed by atoms with Gasteiger partial charge in [-0.25, -0.2) is 0 Å². The highest BCUT2D eigenvalue weighted by Crippen LogP contribution is 2.30. The van der Waals surface area contributed by atoms with Crippen LogP contribution in [0.25, 0.3) is 0 Å². The van der Waals surface area contributed by atoms with Gasteiger partial charge in [-0.2, -0.15) is 5.10 Å². The Morgan fingerprint density at radius 1 is 1.38 bits per heavy atom. The van der Waals surface area contributed by atoms with Crippen LogP contribution >= 0.6 is 0 Å². The summed E-state index contributed by atoms with van der Waals surface area (Å²) in [7, 11) is 0. The van der Waals surface area contributed by atoms with Gasteiger partial charge in [0.15, 0.2) is 5.75 Å². The first-order valence-corrected chi connectivity index (χ1v) is 8.52. The van der Waals surface area contributed by atoms with Crippen LogP contribution in [-0.4, -0.2) is 46.0 Å². The van der Waals surface area contributed by atoms with E-state index in [0.29, 0.717) is 25.0 Å². The maximum atomic E-state index is 12.7. The molecule has 1 aliphatic heterocycles. The van der Waals surface area contributed by atoms with E-state index >= 15 is 0 Å². The van der Waals surface area contributed by atoms with E-state index in [1.54, 1.807) is 12.4 Å². The molecule has 7 nitrogen and oxygen atoms in total. The second-order valence-corrected chi connectivity index (χ2v) is 6.45. The second kappa shape index (κ2) is 6.68. The summed E-state index contributed by atoms with van der Waals surface area (Å²) in [6.45, 7) is 0.915. The molecule has 4 rings (SSSR count). The molecule has 1 amide bonds. The summed E-state index contributed by atoms with van der Waals surface area (Å²) in [6.07, 6.45) is 9.87. The average molecular weight is 330 g/mol. The molecule has 128 valence electrons. The van der Waals surface area contributed by atoms with Gasteiger partial charge in [-0.05, 0) is 25.0 Å². The number of rotatable bonds is 5. The van der Waals surface area contributed by atoms with Crippen molar-refractivity contribution in [1.29, 1.82) is 0 Å². The third kappa shape index (κ3) is 3.03. The minimum absolute atomic E-state index is 0.0665. The predicted molar refractivity (Wildman–Crippen MR) is 87.0 cm³/mol. The van der Waals surface area contributed by atoms with E-state index in [4.69, 9.17) is 9.47 Å². The first kappa shape index (κ1) is 15.3. The van der Waals surface area contributed by atoms with Crippen LogP contribution in [-0.2, 0) is 4.74 Å². The number of nitrogens with one attached hydrogen (secondary N) is 2. The van der Waals surface area contributed by atoms with Gasteiger partial charge in [-0.3, -0.25) is 9.89 Å². The molecule has 24 heavy (non-hydrogen) atoms. The van der Waals surface area contributed by atoms with E-state index in [9.17, 15) is 4.79 Å². The van der Waals surface area contributed by atoms with Crippen molar-refractivity contribution < 1.29 is 14.3 Å². The highest BCUT2D eigenvalue weighted by molar-refractivity contribution is 5.93. The summed E-state index contributed by atoms with van der Waals surface area (Å²) in [5.74, 6) is 0.585. The summed E-state index contributed by atoms with van der Waals surface area (Å²) in [5, 5.41) is 9.65. The molecule has 0 spiro atoms. The fourth-order valence-corrected chi connectivity index (χ4v) is 3.59. The van der Waals surface area contributed by atoms with Crippen molar-refractivity contribution in [2.75, 3.05) is 13.2 Å². The minimum atomic E-state index is -0.207. The van der Waals surface area contributed by atoms with Gasteiger partial charge < -0.3 is 19.4 Å². The van der Waals surface area contributed by atoms with E-state index in [-0.39, 0.29) is 18.1 Å². The van der Waals surface area contributed by atoms with Crippen molar-refractivity contribution in [1.82, 2.24) is 20.1 Å². The zero-order valence-corrected chi connectivity index (χ0v) is 13.5. The van der Waals surface area contributed by atoms with Crippen LogP contribution < -0.4 is 10.1 Å². The van der Waals surface area contributed by atoms with Gasteiger partial charge in [-0.1, -0.05) is 12.8 Å². The Morgan fingerprint density at radius 2 is 2.25 bits per heavy atom. The van der Waals surface area contributed by atoms with Crippen LogP contribution in [0.3, 0.4) is 0 Å². The van der Waals surface area contributed by atoms with Gasteiger partial charge in [0.05, 0.1) is 31.6 Å². The van der Waals surface area contributed by atoms with E-state index in [0.717, 1.165) is 18.5 Å². The fraction of sp³-hybridized carbons (Fsp3) is 0.529. The van der Waals surface area contributed by atoms with Crippen molar-refractivity contribution in [2.24, 2.45) is 0 Å². The second-order valence-electron chi connectivity index (χ2n) is 6.45. The molecule has 2 atom stereocenters. The Bertz CT molecular complexity index is 676. The number of aromatic amines is 1. The molecule has 1 saturated carbocycles. The number of hydrogen-bond donors (Lipinski definition) is 2. The van der Waals surface area contributed by atoms with Gasteiger partial charge >= 0.3 is 0 Å². The quantitative estimate of drug-likeness (QED) is 0.877. The SMILES string of the molecule is O=C(N[C@H]1COC[C@H]1Oc1cn[nH]c1)c1cccn1C1CCCC1. The molecule has 2 fully saturated rings. The number of aromatic nitrogens is 3. The lowest BCUT2D eigenvalue weighted by Gasteiger charge is -2.21. The summed E-state index contributed by atoms with van der Waals surface area (Å²) < 4.78 is 13.4. The Balaban J connectivity index is 1.43. The van der Waals surface area contributed by atoms with E-state index in [1.807, 2.05) is 18.3 Å². The van der Waals surface area contributed by atoms with Crippen LogP contribution in [0.2, 0.25) is 0 Å². The van der Waals surface area contributed by atoms with Crippen molar-refractivity contribution in [2.45, 2.75) is 43.9 Å². The number of ether oxygens (including phenoxy) is 2. The van der Waals surface area contributed by atoms with Gasteiger partial charge in [0.2, 0.25) is 0 Å². The molecule has 2 aromatic heterocycles. The summed E-state index contributed by atoms with van der Waals surface area (Å²) in [4.78, 5) is 12.7. The first-order valence-electron chi connectivity index (χ1n) is 8.52. The highest BCUT2D eigenvalue weighted by atomic mass is 16.5. The third-order valence-corrected chi connectivity index (χ3v) is 4.84. The lowest BCUT2D eigenvalue weighted by molar-refractivity contribution is 0.0892. The smallest absolute Gasteiger partial charge is 0.268 e. The Morgan fingerprint density at radius 3 is 3.04 bits per heavy atom. The highest BCUT2D eigenvalue weighted by Gasteiger charge is 2.33. The summed E-state index contributed by atoms with van der Waals surface area (Å²) in [6, 6.07) is 4.10. The molecule has 0 radical (unpaired) electrons. The monoisotopic (exact) mass is 330 g/mol. The van der Waals surface area contributed by atoms with Crippen LogP contribution in [0.4, 0.5) is 0 Å². The lowest BCUT2D eigenvalue weighted by atomic mass is 10.2. The topological polar surface area (TPSA) is 81.2 Å². The third-order valence-electron chi connectivity index (χ3n) is 4.84. The van der Waals surface area contributed by atoms with Gasteiger partial charge in [0, 0.05) is 12.2 Å². The molecule has 2 aromatic rings. The van der Waals surface area contributed by atoms with Gasteiger partial charge in [0.25, 0.3) is 5.91 Å². The molecule has 2 N–H and O–H groups in total. The van der Waals surface area contributed by atoms with Crippen LogP contribution in [0, 0.1) is 0 Å². The Kier molecular flexibility index (Phi) is 4.25. The molecule has 0 aromatic carbocycles. The standard InChI is InChI=1S/C17H22N4O3/c22-17(15-6-3-7-21(15)12-4-1-2-5-12)20-14-10-23-11-16(14)24-13-8-18-19-9-13/h3,6-9,12,14,16H,1-2,4-5,10-11H2,(H,18,19)(H,20,22)/t14-,16+/m0/s1. The molecule has 1 aliphatic carbocycles. The number of carbonyl (C=O) groups excluding carboxylic acids is 1.